The molecule has 4 atom stereocenters. The second-order valence-corrected chi connectivity index (χ2v) is 4.56. The van der Waals surface area contributed by atoms with Crippen molar-refractivity contribution < 1.29 is 20.1 Å². The Morgan fingerprint density at radius 2 is 2.18 bits per heavy atom. The van der Waals surface area contributed by atoms with Gasteiger partial charge in [0.15, 0.2) is 0 Å². The van der Waals surface area contributed by atoms with E-state index in [9.17, 15) is 15.0 Å². The molecule has 1 aliphatic rings. The summed E-state index contributed by atoms with van der Waals surface area (Å²) in [4.78, 5) is 13.5. The Bertz CT molecular complexity index is 513. The summed E-state index contributed by atoms with van der Waals surface area (Å²) in [6.45, 7) is -0.387. The van der Waals surface area contributed by atoms with Gasteiger partial charge in [-0.05, 0) is 0 Å². The molecule has 0 amide bonds. The summed E-state index contributed by atoms with van der Waals surface area (Å²) in [5.74, 6) is 0. The topological polar surface area (TPSA) is 108 Å². The average Bonchev–Trinajstić information content (AvgIpc) is 2.57. The van der Waals surface area contributed by atoms with Gasteiger partial charge in [-0.2, -0.15) is 0 Å². The normalized spacial score (nSPS) is 32.9. The summed E-state index contributed by atoms with van der Waals surface area (Å²) >= 11 is 2.63. The van der Waals surface area contributed by atoms with Crippen molar-refractivity contribution >= 4 is 15.6 Å². The van der Waals surface area contributed by atoms with Crippen molar-refractivity contribution in [2.45, 2.75) is 24.5 Å². The van der Waals surface area contributed by atoms with Gasteiger partial charge in [0.1, 0.15) is 0 Å². The molecule has 1 aromatic heterocycles. The standard InChI is InChI=1S/C9H12N2O5Se/c12-3-4-6(14)7(15)8(16-4)11-2-1-5(13)10-9(11)17/h1-2,4,6-8,12,14-15H,3H2,(H,10,13,17)/t4-,6?,7?,8-/m0/s1. The van der Waals surface area contributed by atoms with E-state index in [-0.39, 0.29) is 12.2 Å². The molecule has 0 bridgehead atoms. The summed E-state index contributed by atoms with van der Waals surface area (Å²) in [5.41, 5.74) is -0.290. The first-order valence-corrected chi connectivity index (χ1v) is 5.84. The molecular weight excluding hydrogens is 295 g/mol. The molecular formula is C9H12N2O5Se. The van der Waals surface area contributed by atoms with Crippen molar-refractivity contribution in [1.82, 2.24) is 9.55 Å². The van der Waals surface area contributed by atoms with Crippen molar-refractivity contribution in [1.29, 1.82) is 0 Å². The summed E-state index contributed by atoms with van der Waals surface area (Å²) < 4.78 is 7.13. The molecule has 2 unspecified atom stereocenters. The number of hydrogen-bond acceptors (Lipinski definition) is 5. The molecule has 4 N–H and O–H groups in total. The van der Waals surface area contributed by atoms with Gasteiger partial charge >= 0.3 is 103 Å². The Morgan fingerprint density at radius 3 is 2.71 bits per heavy atom. The maximum atomic E-state index is 11.0. The number of ether oxygens (including phenoxy) is 1. The third-order valence-corrected chi connectivity index (χ3v) is 3.30. The molecule has 2 rings (SSSR count). The van der Waals surface area contributed by atoms with Gasteiger partial charge in [-0.25, -0.2) is 0 Å². The molecule has 1 aliphatic heterocycles. The van der Waals surface area contributed by atoms with E-state index in [1.54, 1.807) is 0 Å². The van der Waals surface area contributed by atoms with E-state index in [1.807, 2.05) is 0 Å². The molecule has 0 radical (unpaired) electrons. The van der Waals surface area contributed by atoms with Gasteiger partial charge in [0, 0.05) is 0 Å². The third kappa shape index (κ3) is 2.28. The van der Waals surface area contributed by atoms with E-state index in [1.165, 1.54) is 16.8 Å². The van der Waals surface area contributed by atoms with E-state index in [4.69, 9.17) is 9.84 Å². The summed E-state index contributed by atoms with van der Waals surface area (Å²) in [5, 5.41) is 28.4. The number of aromatic amines is 1. The molecule has 0 aromatic carbocycles. The number of aliphatic hydroxyl groups is 3. The SMILES string of the molecule is O=c1ccn([C@H]2O[C@@H](CO)C(O)C2O)c(=[Se])[nH]1. The first-order chi connectivity index (χ1) is 8.04. The van der Waals surface area contributed by atoms with Crippen LogP contribution in [0.15, 0.2) is 17.1 Å². The van der Waals surface area contributed by atoms with Crippen LogP contribution in [-0.4, -0.2) is 65.4 Å². The van der Waals surface area contributed by atoms with E-state index >= 15 is 0 Å². The predicted molar refractivity (Wildman–Crippen MR) is 57.1 cm³/mol. The first kappa shape index (κ1) is 12.7. The van der Waals surface area contributed by atoms with Crippen LogP contribution < -0.4 is 5.56 Å². The second kappa shape index (κ2) is 4.85. The molecule has 17 heavy (non-hydrogen) atoms. The van der Waals surface area contributed by atoms with Crippen LogP contribution in [0.25, 0.3) is 0 Å². The van der Waals surface area contributed by atoms with Crippen LogP contribution in [-0.2, 0) is 4.74 Å². The zero-order valence-corrected chi connectivity index (χ0v) is 10.4. The van der Waals surface area contributed by atoms with Crippen molar-refractivity contribution in [3.8, 4) is 0 Å². The molecule has 0 spiro atoms. The van der Waals surface area contributed by atoms with Crippen LogP contribution in [0.2, 0.25) is 0 Å². The van der Waals surface area contributed by atoms with Crippen molar-refractivity contribution in [2.24, 2.45) is 0 Å². The Balaban J connectivity index is 2.35. The van der Waals surface area contributed by atoms with E-state index < -0.39 is 24.5 Å². The van der Waals surface area contributed by atoms with Gasteiger partial charge in [0.25, 0.3) is 0 Å². The molecule has 1 saturated heterocycles. The van der Waals surface area contributed by atoms with Gasteiger partial charge in [-0.1, -0.05) is 0 Å². The van der Waals surface area contributed by atoms with Gasteiger partial charge < -0.3 is 0 Å². The Morgan fingerprint density at radius 1 is 1.47 bits per heavy atom. The first-order valence-electron chi connectivity index (χ1n) is 4.98. The number of nitrogens with zero attached hydrogens (tertiary/aromatic N) is 1. The zero-order chi connectivity index (χ0) is 12.6. The van der Waals surface area contributed by atoms with Gasteiger partial charge in [-0.3, -0.25) is 0 Å². The number of hydrogen-bond donors (Lipinski definition) is 4. The van der Waals surface area contributed by atoms with Crippen LogP contribution in [0.3, 0.4) is 0 Å². The molecule has 0 saturated carbocycles. The predicted octanol–water partition coefficient (Wildman–Crippen LogP) is -2.51. The average molecular weight is 307 g/mol. The number of H-pyrrole nitrogens is 1. The summed E-state index contributed by atoms with van der Waals surface area (Å²) in [6.07, 6.45) is -2.59. The van der Waals surface area contributed by atoms with Crippen LogP contribution in [0, 0.1) is 4.32 Å². The van der Waals surface area contributed by atoms with Gasteiger partial charge in [0.2, 0.25) is 0 Å². The zero-order valence-electron chi connectivity index (χ0n) is 8.68. The molecule has 7 nitrogen and oxygen atoms in total. The van der Waals surface area contributed by atoms with Crippen LogP contribution in [0.4, 0.5) is 0 Å². The minimum atomic E-state index is -1.17. The van der Waals surface area contributed by atoms with Crippen LogP contribution >= 0.6 is 0 Å². The number of aliphatic hydroxyl groups excluding tert-OH is 3. The Labute approximate surface area is 104 Å². The Kier molecular flexibility index (Phi) is 3.62. The fraction of sp³-hybridized carbons (Fsp3) is 0.556. The van der Waals surface area contributed by atoms with Crippen molar-refractivity contribution in [3.63, 3.8) is 0 Å². The molecule has 94 valence electrons. The van der Waals surface area contributed by atoms with E-state index in [0.29, 0.717) is 4.32 Å². The molecule has 0 aliphatic carbocycles. The van der Waals surface area contributed by atoms with Crippen LogP contribution in [0.1, 0.15) is 6.23 Å². The monoisotopic (exact) mass is 308 g/mol. The number of aromatic nitrogens is 2. The van der Waals surface area contributed by atoms with E-state index in [2.05, 4.69) is 20.6 Å². The van der Waals surface area contributed by atoms with Crippen LogP contribution in [0.5, 0.6) is 0 Å². The second-order valence-electron chi connectivity index (χ2n) is 3.75. The number of nitrogens with one attached hydrogen (secondary N) is 1. The summed E-state index contributed by atoms with van der Waals surface area (Å²) in [7, 11) is 0. The van der Waals surface area contributed by atoms with Crippen molar-refractivity contribution in [2.75, 3.05) is 6.61 Å². The fourth-order valence-electron chi connectivity index (χ4n) is 1.74. The minimum absolute atomic E-state index is 0.290. The molecule has 8 heteroatoms. The molecule has 1 aromatic rings. The van der Waals surface area contributed by atoms with Crippen molar-refractivity contribution in [3.05, 3.63) is 26.9 Å². The van der Waals surface area contributed by atoms with E-state index in [0.717, 1.165) is 0 Å². The van der Waals surface area contributed by atoms with Gasteiger partial charge in [0.05, 0.1) is 0 Å². The molecule has 2 heterocycles. The Hall–Kier alpha value is -0.761. The third-order valence-electron chi connectivity index (χ3n) is 2.64. The van der Waals surface area contributed by atoms with Gasteiger partial charge in [-0.15, -0.1) is 0 Å². The molecule has 1 fully saturated rings. The number of rotatable bonds is 2. The fourth-order valence-corrected chi connectivity index (χ4v) is 2.29. The summed E-state index contributed by atoms with van der Waals surface area (Å²) in [6, 6.07) is 1.27. The quantitative estimate of drug-likeness (QED) is 0.451. The maximum absolute atomic E-state index is 11.0.